The van der Waals surface area contributed by atoms with Crippen molar-refractivity contribution in [3.05, 3.63) is 5.69 Å². The van der Waals surface area contributed by atoms with Gasteiger partial charge >= 0.3 is 0 Å². The number of carbonyl (C=O) groups is 1. The molecule has 0 bridgehead atoms. The van der Waals surface area contributed by atoms with E-state index in [1.54, 1.807) is 11.7 Å². The van der Waals surface area contributed by atoms with Crippen molar-refractivity contribution in [1.82, 2.24) is 9.78 Å². The standard InChI is InChI=1S/C13H22N4O2/c1-4-19-10-5-9(6-10)7-11(18)15-13-12(14)8(2)16-17(13)3/h9-10H,4-7,14H2,1-3H3,(H,15,18). The lowest BCUT2D eigenvalue weighted by Crippen LogP contribution is -2.34. The van der Waals surface area contributed by atoms with Gasteiger partial charge in [-0.15, -0.1) is 0 Å². The van der Waals surface area contributed by atoms with Crippen LogP contribution in [0.1, 0.15) is 31.9 Å². The summed E-state index contributed by atoms with van der Waals surface area (Å²) >= 11 is 0. The maximum absolute atomic E-state index is 11.9. The summed E-state index contributed by atoms with van der Waals surface area (Å²) in [6, 6.07) is 0. The number of rotatable bonds is 5. The Bertz CT molecular complexity index is 463. The number of amides is 1. The van der Waals surface area contributed by atoms with Crippen LogP contribution in [-0.4, -0.2) is 28.4 Å². The summed E-state index contributed by atoms with van der Waals surface area (Å²) in [6.07, 6.45) is 2.81. The second-order valence-corrected chi connectivity index (χ2v) is 5.14. The Balaban J connectivity index is 1.82. The first-order valence-electron chi connectivity index (χ1n) is 6.71. The number of nitrogen functional groups attached to an aromatic ring is 1. The van der Waals surface area contributed by atoms with Gasteiger partial charge in [-0.05, 0) is 32.6 Å². The molecule has 106 valence electrons. The lowest BCUT2D eigenvalue weighted by Gasteiger charge is -2.34. The van der Waals surface area contributed by atoms with Gasteiger partial charge in [0.25, 0.3) is 0 Å². The number of anilines is 2. The summed E-state index contributed by atoms with van der Waals surface area (Å²) in [6.45, 7) is 4.56. The van der Waals surface area contributed by atoms with Crippen LogP contribution in [0.3, 0.4) is 0 Å². The number of nitrogens with zero attached hydrogens (tertiary/aromatic N) is 2. The van der Waals surface area contributed by atoms with Gasteiger partial charge in [-0.1, -0.05) is 0 Å². The molecule has 1 fully saturated rings. The Morgan fingerprint density at radius 3 is 2.79 bits per heavy atom. The van der Waals surface area contributed by atoms with Gasteiger partial charge in [0.2, 0.25) is 5.91 Å². The van der Waals surface area contributed by atoms with Crippen molar-refractivity contribution in [3.63, 3.8) is 0 Å². The molecular weight excluding hydrogens is 244 g/mol. The largest absolute Gasteiger partial charge is 0.394 e. The highest BCUT2D eigenvalue weighted by molar-refractivity contribution is 5.93. The predicted octanol–water partition coefficient (Wildman–Crippen LogP) is 1.45. The number of hydrogen-bond donors (Lipinski definition) is 2. The van der Waals surface area contributed by atoms with Crippen LogP contribution < -0.4 is 11.1 Å². The molecule has 1 aromatic rings. The lowest BCUT2D eigenvalue weighted by molar-refractivity contribution is -0.119. The fourth-order valence-corrected chi connectivity index (χ4v) is 2.48. The molecule has 0 atom stereocenters. The van der Waals surface area contributed by atoms with Crippen LogP contribution in [0.5, 0.6) is 0 Å². The first-order chi connectivity index (χ1) is 9.01. The van der Waals surface area contributed by atoms with Gasteiger partial charge in [-0.2, -0.15) is 5.10 Å². The van der Waals surface area contributed by atoms with Gasteiger partial charge in [-0.3, -0.25) is 9.48 Å². The maximum Gasteiger partial charge on any atom is 0.225 e. The molecule has 1 aliphatic rings. The Labute approximate surface area is 113 Å². The number of carbonyl (C=O) groups excluding carboxylic acids is 1. The van der Waals surface area contributed by atoms with E-state index in [0.29, 0.717) is 29.9 Å². The monoisotopic (exact) mass is 266 g/mol. The molecule has 0 aromatic carbocycles. The third-order valence-electron chi connectivity index (χ3n) is 3.60. The summed E-state index contributed by atoms with van der Waals surface area (Å²) in [4.78, 5) is 11.9. The Kier molecular flexibility index (Phi) is 4.09. The molecule has 0 aliphatic heterocycles. The average Bonchev–Trinajstić information content (AvgIpc) is 2.53. The van der Waals surface area contributed by atoms with E-state index >= 15 is 0 Å². The molecule has 1 heterocycles. The van der Waals surface area contributed by atoms with Crippen molar-refractivity contribution in [3.8, 4) is 0 Å². The number of nitrogens with one attached hydrogen (secondary N) is 1. The minimum atomic E-state index is -0.00496. The normalized spacial score (nSPS) is 22.1. The van der Waals surface area contributed by atoms with Gasteiger partial charge in [0.15, 0.2) is 5.82 Å². The van der Waals surface area contributed by atoms with Crippen LogP contribution in [0.15, 0.2) is 0 Å². The lowest BCUT2D eigenvalue weighted by atomic mass is 9.80. The van der Waals surface area contributed by atoms with Crippen molar-refractivity contribution >= 4 is 17.4 Å². The van der Waals surface area contributed by atoms with E-state index in [1.807, 2.05) is 13.8 Å². The molecular formula is C13H22N4O2. The van der Waals surface area contributed by atoms with Gasteiger partial charge in [-0.25, -0.2) is 0 Å². The van der Waals surface area contributed by atoms with Crippen molar-refractivity contribution in [2.75, 3.05) is 17.7 Å². The van der Waals surface area contributed by atoms with E-state index in [1.165, 1.54) is 0 Å². The highest BCUT2D eigenvalue weighted by Gasteiger charge is 2.31. The smallest absolute Gasteiger partial charge is 0.225 e. The number of aromatic nitrogens is 2. The summed E-state index contributed by atoms with van der Waals surface area (Å²) in [5.74, 6) is 1.00. The molecule has 19 heavy (non-hydrogen) atoms. The van der Waals surface area contributed by atoms with Gasteiger partial charge in [0, 0.05) is 20.1 Å². The van der Waals surface area contributed by atoms with Crippen LogP contribution >= 0.6 is 0 Å². The minimum absolute atomic E-state index is 0.00496. The zero-order valence-electron chi connectivity index (χ0n) is 11.8. The van der Waals surface area contributed by atoms with Crippen LogP contribution in [0.4, 0.5) is 11.5 Å². The Hall–Kier alpha value is -1.56. The Morgan fingerprint density at radius 1 is 1.58 bits per heavy atom. The number of aryl methyl sites for hydroxylation is 2. The molecule has 1 aromatic heterocycles. The summed E-state index contributed by atoms with van der Waals surface area (Å²) in [7, 11) is 1.77. The van der Waals surface area contributed by atoms with Crippen LogP contribution in [-0.2, 0) is 16.6 Å². The minimum Gasteiger partial charge on any atom is -0.394 e. The van der Waals surface area contributed by atoms with Crippen molar-refractivity contribution in [2.24, 2.45) is 13.0 Å². The number of nitrogens with two attached hydrogens (primary N) is 1. The van der Waals surface area contributed by atoms with Crippen molar-refractivity contribution in [1.29, 1.82) is 0 Å². The van der Waals surface area contributed by atoms with E-state index < -0.39 is 0 Å². The van der Waals surface area contributed by atoms with Crippen molar-refractivity contribution < 1.29 is 9.53 Å². The molecule has 2 rings (SSSR count). The van der Waals surface area contributed by atoms with E-state index in [-0.39, 0.29) is 5.91 Å². The second-order valence-electron chi connectivity index (χ2n) is 5.14. The molecule has 1 saturated carbocycles. The van der Waals surface area contributed by atoms with Gasteiger partial charge < -0.3 is 15.8 Å². The van der Waals surface area contributed by atoms with E-state index in [0.717, 1.165) is 25.1 Å². The zero-order valence-corrected chi connectivity index (χ0v) is 11.8. The quantitative estimate of drug-likeness (QED) is 0.845. The zero-order chi connectivity index (χ0) is 14.0. The fraction of sp³-hybridized carbons (Fsp3) is 0.692. The number of ether oxygens (including phenoxy) is 1. The molecule has 1 aliphatic carbocycles. The van der Waals surface area contributed by atoms with Crippen LogP contribution in [0.2, 0.25) is 0 Å². The van der Waals surface area contributed by atoms with Crippen molar-refractivity contribution in [2.45, 2.75) is 39.2 Å². The molecule has 0 saturated heterocycles. The maximum atomic E-state index is 11.9. The average molecular weight is 266 g/mol. The molecule has 3 N–H and O–H groups in total. The van der Waals surface area contributed by atoms with E-state index in [4.69, 9.17) is 10.5 Å². The molecule has 6 heteroatoms. The summed E-state index contributed by atoms with van der Waals surface area (Å²) < 4.78 is 7.09. The molecule has 0 radical (unpaired) electrons. The van der Waals surface area contributed by atoms with Gasteiger partial charge in [0.05, 0.1) is 17.5 Å². The molecule has 6 nitrogen and oxygen atoms in total. The first-order valence-corrected chi connectivity index (χ1v) is 6.71. The highest BCUT2D eigenvalue weighted by atomic mass is 16.5. The molecule has 0 spiro atoms. The first kappa shape index (κ1) is 13.9. The second kappa shape index (κ2) is 5.61. The molecule has 1 amide bonds. The number of hydrogen-bond acceptors (Lipinski definition) is 4. The highest BCUT2D eigenvalue weighted by Crippen LogP contribution is 2.33. The van der Waals surface area contributed by atoms with E-state index in [9.17, 15) is 4.79 Å². The fourth-order valence-electron chi connectivity index (χ4n) is 2.48. The van der Waals surface area contributed by atoms with Crippen LogP contribution in [0, 0.1) is 12.8 Å². The van der Waals surface area contributed by atoms with Crippen LogP contribution in [0.25, 0.3) is 0 Å². The Morgan fingerprint density at radius 2 is 2.26 bits per heavy atom. The topological polar surface area (TPSA) is 82.2 Å². The predicted molar refractivity (Wildman–Crippen MR) is 73.7 cm³/mol. The third kappa shape index (κ3) is 3.07. The summed E-state index contributed by atoms with van der Waals surface area (Å²) in [5.41, 5.74) is 7.15. The third-order valence-corrected chi connectivity index (χ3v) is 3.60. The molecule has 0 unspecified atom stereocenters. The van der Waals surface area contributed by atoms with Gasteiger partial charge in [0.1, 0.15) is 0 Å². The van der Waals surface area contributed by atoms with E-state index in [2.05, 4.69) is 10.4 Å². The summed E-state index contributed by atoms with van der Waals surface area (Å²) in [5, 5.41) is 7.01. The SMILES string of the molecule is CCOC1CC(CC(=O)Nc2c(N)c(C)nn2C)C1.